The molecular formula is C28H42N2O. The minimum atomic E-state index is 0.685. The first-order chi connectivity index (χ1) is 15.2. The molecule has 1 saturated carbocycles. The number of rotatable bonds is 12. The summed E-state index contributed by atoms with van der Waals surface area (Å²) < 4.78 is 6.05. The number of aromatic nitrogens is 2. The molecule has 0 radical (unpaired) electrons. The third-order valence-electron chi connectivity index (χ3n) is 6.90. The van der Waals surface area contributed by atoms with E-state index < -0.39 is 0 Å². The van der Waals surface area contributed by atoms with Crippen LogP contribution in [0.4, 0.5) is 0 Å². The fraction of sp³-hybridized carbons (Fsp3) is 0.643. The Morgan fingerprint density at radius 3 is 2.23 bits per heavy atom. The van der Waals surface area contributed by atoms with Crippen molar-refractivity contribution < 1.29 is 4.74 Å². The Morgan fingerprint density at radius 2 is 1.55 bits per heavy atom. The SMILES string of the molecule is CCCCCc1ccc(-c2ncc(OCC3CCC(CCCCC)CC3)cn2)c(C)c1. The zero-order valence-corrected chi connectivity index (χ0v) is 20.0. The zero-order valence-electron chi connectivity index (χ0n) is 20.0. The summed E-state index contributed by atoms with van der Waals surface area (Å²) in [5.74, 6) is 3.22. The first-order valence-electron chi connectivity index (χ1n) is 12.7. The molecule has 0 bridgehead atoms. The molecule has 1 aromatic carbocycles. The quantitative estimate of drug-likeness (QED) is 0.325. The van der Waals surface area contributed by atoms with E-state index in [0.29, 0.717) is 5.92 Å². The van der Waals surface area contributed by atoms with E-state index in [1.807, 2.05) is 12.4 Å². The fourth-order valence-electron chi connectivity index (χ4n) is 4.83. The molecule has 2 aromatic rings. The van der Waals surface area contributed by atoms with Gasteiger partial charge in [-0.05, 0) is 55.6 Å². The van der Waals surface area contributed by atoms with Gasteiger partial charge in [0.2, 0.25) is 0 Å². The largest absolute Gasteiger partial charge is 0.490 e. The highest BCUT2D eigenvalue weighted by atomic mass is 16.5. The second-order valence-corrected chi connectivity index (χ2v) is 9.54. The van der Waals surface area contributed by atoms with Crippen molar-refractivity contribution in [3.63, 3.8) is 0 Å². The second kappa shape index (κ2) is 12.8. The van der Waals surface area contributed by atoms with Crippen molar-refractivity contribution in [1.29, 1.82) is 0 Å². The van der Waals surface area contributed by atoms with Gasteiger partial charge in [0.1, 0.15) is 0 Å². The molecule has 1 fully saturated rings. The van der Waals surface area contributed by atoms with Crippen molar-refractivity contribution in [2.24, 2.45) is 11.8 Å². The van der Waals surface area contributed by atoms with Gasteiger partial charge in [-0.2, -0.15) is 0 Å². The van der Waals surface area contributed by atoms with Gasteiger partial charge in [0.25, 0.3) is 0 Å². The molecule has 1 aliphatic carbocycles. The lowest BCUT2D eigenvalue weighted by Gasteiger charge is -2.28. The lowest BCUT2D eigenvalue weighted by Crippen LogP contribution is -2.20. The van der Waals surface area contributed by atoms with Crippen LogP contribution in [0.1, 0.15) is 95.6 Å². The highest BCUT2D eigenvalue weighted by Gasteiger charge is 2.21. The molecule has 3 rings (SSSR count). The standard InChI is InChI=1S/C28H42N2O/c1-4-6-8-10-23-12-14-25(15-13-23)21-31-26-19-29-28(30-20-26)27-17-16-24(18-22(27)3)11-9-7-5-2/h16-20,23,25H,4-15,21H2,1-3H3. The normalized spacial score (nSPS) is 18.8. The van der Waals surface area contributed by atoms with Crippen molar-refractivity contribution in [2.45, 2.75) is 97.8 Å². The van der Waals surface area contributed by atoms with Gasteiger partial charge >= 0.3 is 0 Å². The maximum absolute atomic E-state index is 6.05. The van der Waals surface area contributed by atoms with Crippen LogP contribution in [0.3, 0.4) is 0 Å². The van der Waals surface area contributed by atoms with E-state index in [0.717, 1.165) is 36.1 Å². The predicted octanol–water partition coefficient (Wildman–Crippen LogP) is 7.95. The van der Waals surface area contributed by atoms with Crippen molar-refractivity contribution >= 4 is 0 Å². The lowest BCUT2D eigenvalue weighted by atomic mass is 9.80. The highest BCUT2D eigenvalue weighted by molar-refractivity contribution is 5.60. The van der Waals surface area contributed by atoms with Crippen LogP contribution in [0.5, 0.6) is 5.75 Å². The Kier molecular flexibility index (Phi) is 9.84. The molecule has 0 atom stereocenters. The van der Waals surface area contributed by atoms with Crippen molar-refractivity contribution in [3.05, 3.63) is 41.7 Å². The fourth-order valence-corrected chi connectivity index (χ4v) is 4.83. The van der Waals surface area contributed by atoms with Crippen LogP contribution >= 0.6 is 0 Å². The molecule has 0 unspecified atom stereocenters. The zero-order chi connectivity index (χ0) is 21.9. The Balaban J connectivity index is 1.45. The van der Waals surface area contributed by atoms with Gasteiger partial charge in [-0.1, -0.05) is 83.4 Å². The van der Waals surface area contributed by atoms with Gasteiger partial charge in [-0.3, -0.25) is 0 Å². The van der Waals surface area contributed by atoms with Crippen LogP contribution in [0, 0.1) is 18.8 Å². The van der Waals surface area contributed by atoms with Crippen LogP contribution in [0.15, 0.2) is 30.6 Å². The molecule has 0 N–H and O–H groups in total. The monoisotopic (exact) mass is 422 g/mol. The maximum atomic E-state index is 6.05. The Hall–Kier alpha value is -1.90. The summed E-state index contributed by atoms with van der Waals surface area (Å²) in [7, 11) is 0. The number of ether oxygens (including phenoxy) is 1. The molecule has 0 spiro atoms. The predicted molar refractivity (Wildman–Crippen MR) is 131 cm³/mol. The third kappa shape index (κ3) is 7.63. The first-order valence-corrected chi connectivity index (χ1v) is 12.7. The molecule has 1 heterocycles. The Morgan fingerprint density at radius 1 is 0.871 bits per heavy atom. The number of hydrogen-bond acceptors (Lipinski definition) is 3. The molecule has 170 valence electrons. The van der Waals surface area contributed by atoms with E-state index in [4.69, 9.17) is 4.74 Å². The summed E-state index contributed by atoms with van der Waals surface area (Å²) in [6.45, 7) is 7.50. The average Bonchev–Trinajstić information content (AvgIpc) is 2.79. The highest BCUT2D eigenvalue weighted by Crippen LogP contribution is 2.32. The minimum absolute atomic E-state index is 0.685. The van der Waals surface area contributed by atoms with Crippen LogP contribution in [0.25, 0.3) is 11.4 Å². The lowest BCUT2D eigenvalue weighted by molar-refractivity contribution is 0.177. The smallest absolute Gasteiger partial charge is 0.159 e. The van der Waals surface area contributed by atoms with Gasteiger partial charge in [0, 0.05) is 5.56 Å². The molecule has 3 nitrogen and oxygen atoms in total. The van der Waals surface area contributed by atoms with E-state index in [-0.39, 0.29) is 0 Å². The third-order valence-corrected chi connectivity index (χ3v) is 6.90. The summed E-state index contributed by atoms with van der Waals surface area (Å²) in [6, 6.07) is 6.69. The summed E-state index contributed by atoms with van der Waals surface area (Å²) in [4.78, 5) is 9.19. The van der Waals surface area contributed by atoms with Crippen LogP contribution in [-0.4, -0.2) is 16.6 Å². The van der Waals surface area contributed by atoms with Gasteiger partial charge in [0.05, 0.1) is 19.0 Å². The summed E-state index contributed by atoms with van der Waals surface area (Å²) in [5.41, 5.74) is 3.78. The number of aryl methyl sites for hydroxylation is 2. The van der Waals surface area contributed by atoms with E-state index in [2.05, 4.69) is 48.9 Å². The average molecular weight is 423 g/mol. The number of hydrogen-bond donors (Lipinski definition) is 0. The topological polar surface area (TPSA) is 35.0 Å². The molecule has 1 aliphatic rings. The van der Waals surface area contributed by atoms with E-state index in [1.165, 1.54) is 81.8 Å². The van der Waals surface area contributed by atoms with Gasteiger partial charge in [0.15, 0.2) is 11.6 Å². The van der Waals surface area contributed by atoms with Crippen molar-refractivity contribution in [1.82, 2.24) is 9.97 Å². The van der Waals surface area contributed by atoms with Gasteiger partial charge < -0.3 is 4.74 Å². The van der Waals surface area contributed by atoms with E-state index >= 15 is 0 Å². The molecular weight excluding hydrogens is 380 g/mol. The molecule has 1 aromatic heterocycles. The molecule has 31 heavy (non-hydrogen) atoms. The maximum Gasteiger partial charge on any atom is 0.159 e. The number of nitrogens with zero attached hydrogens (tertiary/aromatic N) is 2. The van der Waals surface area contributed by atoms with Crippen LogP contribution < -0.4 is 4.74 Å². The Bertz CT molecular complexity index is 763. The summed E-state index contributed by atoms with van der Waals surface area (Å²) in [5, 5.41) is 0. The molecule has 0 aliphatic heterocycles. The molecule has 0 saturated heterocycles. The number of benzene rings is 1. The minimum Gasteiger partial charge on any atom is -0.490 e. The van der Waals surface area contributed by atoms with Gasteiger partial charge in [-0.15, -0.1) is 0 Å². The number of unbranched alkanes of at least 4 members (excludes halogenated alkanes) is 4. The van der Waals surface area contributed by atoms with Crippen molar-refractivity contribution in [2.75, 3.05) is 6.61 Å². The molecule has 3 heteroatoms. The van der Waals surface area contributed by atoms with E-state index in [1.54, 1.807) is 0 Å². The van der Waals surface area contributed by atoms with Crippen molar-refractivity contribution in [3.8, 4) is 17.1 Å². The summed E-state index contributed by atoms with van der Waals surface area (Å²) >= 11 is 0. The Labute approximate surface area is 190 Å². The second-order valence-electron chi connectivity index (χ2n) is 9.54. The molecule has 0 amide bonds. The summed E-state index contributed by atoms with van der Waals surface area (Å²) in [6.07, 6.45) is 19.6. The van der Waals surface area contributed by atoms with Crippen LogP contribution in [-0.2, 0) is 6.42 Å². The van der Waals surface area contributed by atoms with Crippen LogP contribution in [0.2, 0.25) is 0 Å². The first kappa shape index (κ1) is 23.8. The van der Waals surface area contributed by atoms with E-state index in [9.17, 15) is 0 Å². The van der Waals surface area contributed by atoms with Gasteiger partial charge in [-0.25, -0.2) is 9.97 Å².